The monoisotopic (exact) mass is 389 g/mol. The van der Waals surface area contributed by atoms with Crippen LogP contribution in [0.4, 0.5) is 17.5 Å². The number of rotatable bonds is 3. The molecule has 0 saturated carbocycles. The van der Waals surface area contributed by atoms with E-state index >= 15 is 0 Å². The van der Waals surface area contributed by atoms with Crippen LogP contribution in [0.2, 0.25) is 0 Å². The molecule has 0 bridgehead atoms. The minimum Gasteiger partial charge on any atom is -0.369 e. The zero-order valence-electron chi connectivity index (χ0n) is 15.6. The first-order chi connectivity index (χ1) is 13.6. The Morgan fingerprint density at radius 1 is 1.14 bits per heavy atom. The summed E-state index contributed by atoms with van der Waals surface area (Å²) >= 11 is 1.66. The normalized spacial score (nSPS) is 15.4. The fraction of sp³-hybridized carbons (Fsp3) is 0.190. The van der Waals surface area contributed by atoms with Crippen LogP contribution in [-0.2, 0) is 0 Å². The summed E-state index contributed by atoms with van der Waals surface area (Å²) in [5, 5.41) is 7.78. The SMILES string of the molecule is Cc1nc2cc(C)c(Nc3nc(=O)cc4n3C(c3ccccc3)CN4)cc2s1. The molecular weight excluding hydrogens is 370 g/mol. The molecular formula is C21H19N5OS. The van der Waals surface area contributed by atoms with Crippen molar-refractivity contribution in [3.8, 4) is 0 Å². The largest absolute Gasteiger partial charge is 0.369 e. The Morgan fingerprint density at radius 2 is 1.96 bits per heavy atom. The lowest BCUT2D eigenvalue weighted by molar-refractivity contribution is 0.664. The Morgan fingerprint density at radius 3 is 2.79 bits per heavy atom. The van der Waals surface area contributed by atoms with Crippen molar-refractivity contribution in [1.29, 1.82) is 0 Å². The maximum atomic E-state index is 12.2. The van der Waals surface area contributed by atoms with Crippen LogP contribution in [0.15, 0.2) is 53.3 Å². The van der Waals surface area contributed by atoms with Gasteiger partial charge in [-0.15, -0.1) is 11.3 Å². The maximum Gasteiger partial charge on any atom is 0.276 e. The minimum atomic E-state index is -0.262. The number of nitrogens with zero attached hydrogens (tertiary/aromatic N) is 3. The molecule has 1 unspecified atom stereocenters. The first-order valence-electron chi connectivity index (χ1n) is 9.16. The van der Waals surface area contributed by atoms with E-state index in [0.717, 1.165) is 38.8 Å². The van der Waals surface area contributed by atoms with Crippen molar-refractivity contribution < 1.29 is 0 Å². The van der Waals surface area contributed by atoms with Crippen molar-refractivity contribution in [2.24, 2.45) is 0 Å². The Bertz CT molecular complexity index is 1250. The molecule has 1 aliphatic heterocycles. The number of hydrogen-bond acceptors (Lipinski definition) is 6. The van der Waals surface area contributed by atoms with E-state index in [2.05, 4.69) is 49.4 Å². The lowest BCUT2D eigenvalue weighted by Gasteiger charge is -2.19. The van der Waals surface area contributed by atoms with Crippen LogP contribution in [0.5, 0.6) is 0 Å². The number of benzene rings is 2. The van der Waals surface area contributed by atoms with Crippen LogP contribution in [0.3, 0.4) is 0 Å². The number of aromatic nitrogens is 3. The van der Waals surface area contributed by atoms with Crippen LogP contribution < -0.4 is 16.2 Å². The van der Waals surface area contributed by atoms with Crippen molar-refractivity contribution in [3.63, 3.8) is 0 Å². The molecule has 0 radical (unpaired) electrons. The van der Waals surface area contributed by atoms with E-state index in [1.165, 1.54) is 5.56 Å². The number of thiazole rings is 1. The first-order valence-corrected chi connectivity index (χ1v) is 9.97. The second kappa shape index (κ2) is 6.45. The van der Waals surface area contributed by atoms with Crippen LogP contribution in [0, 0.1) is 13.8 Å². The molecule has 0 fully saturated rings. The highest BCUT2D eigenvalue weighted by atomic mass is 32.1. The van der Waals surface area contributed by atoms with E-state index in [1.54, 1.807) is 17.4 Å². The van der Waals surface area contributed by atoms with Crippen LogP contribution in [-0.4, -0.2) is 21.1 Å². The lowest BCUT2D eigenvalue weighted by Crippen LogP contribution is -2.18. The third-order valence-electron chi connectivity index (χ3n) is 5.02. The van der Waals surface area contributed by atoms with Gasteiger partial charge in [0, 0.05) is 18.3 Å². The Balaban J connectivity index is 1.62. The van der Waals surface area contributed by atoms with Crippen molar-refractivity contribution in [3.05, 3.63) is 75.0 Å². The molecule has 0 saturated heterocycles. The average Bonchev–Trinajstić information content (AvgIpc) is 3.25. The molecule has 140 valence electrons. The third kappa shape index (κ3) is 2.84. The molecule has 0 aliphatic carbocycles. The molecule has 3 heterocycles. The van der Waals surface area contributed by atoms with E-state index in [-0.39, 0.29) is 11.6 Å². The summed E-state index contributed by atoms with van der Waals surface area (Å²) in [6.07, 6.45) is 0. The summed E-state index contributed by atoms with van der Waals surface area (Å²) in [6, 6.07) is 16.0. The zero-order chi connectivity index (χ0) is 19.3. The molecule has 6 nitrogen and oxygen atoms in total. The second-order valence-corrected chi connectivity index (χ2v) is 8.21. The summed E-state index contributed by atoms with van der Waals surface area (Å²) in [4.78, 5) is 21.0. The Kier molecular flexibility index (Phi) is 3.91. The van der Waals surface area contributed by atoms with Gasteiger partial charge in [0.1, 0.15) is 5.82 Å². The van der Waals surface area contributed by atoms with Crippen LogP contribution in [0.25, 0.3) is 10.2 Å². The molecule has 0 amide bonds. The van der Waals surface area contributed by atoms with Gasteiger partial charge in [-0.2, -0.15) is 4.98 Å². The molecule has 1 aliphatic rings. The maximum absolute atomic E-state index is 12.2. The molecule has 7 heteroatoms. The van der Waals surface area contributed by atoms with Gasteiger partial charge in [0.05, 0.1) is 21.3 Å². The van der Waals surface area contributed by atoms with Crippen LogP contribution >= 0.6 is 11.3 Å². The van der Waals surface area contributed by atoms with Gasteiger partial charge in [-0.1, -0.05) is 30.3 Å². The number of fused-ring (bicyclic) bond motifs is 2. The van der Waals surface area contributed by atoms with E-state index < -0.39 is 0 Å². The quantitative estimate of drug-likeness (QED) is 0.549. The molecule has 0 spiro atoms. The highest BCUT2D eigenvalue weighted by Gasteiger charge is 2.26. The summed E-state index contributed by atoms with van der Waals surface area (Å²) in [5.41, 5.74) is 3.91. The van der Waals surface area contributed by atoms with Crippen molar-refractivity contribution in [2.75, 3.05) is 17.2 Å². The highest BCUT2D eigenvalue weighted by molar-refractivity contribution is 7.18. The highest BCUT2D eigenvalue weighted by Crippen LogP contribution is 2.34. The molecule has 4 aromatic rings. The van der Waals surface area contributed by atoms with E-state index in [0.29, 0.717) is 5.95 Å². The minimum absolute atomic E-state index is 0.0708. The number of nitrogens with one attached hydrogen (secondary N) is 2. The molecule has 2 aromatic heterocycles. The smallest absolute Gasteiger partial charge is 0.276 e. The zero-order valence-corrected chi connectivity index (χ0v) is 16.4. The lowest BCUT2D eigenvalue weighted by atomic mass is 10.1. The Hall–Kier alpha value is -3.19. The predicted octanol–water partition coefficient (Wildman–Crippen LogP) is 4.23. The molecule has 2 N–H and O–H groups in total. The fourth-order valence-corrected chi connectivity index (χ4v) is 4.56. The van der Waals surface area contributed by atoms with Gasteiger partial charge in [-0.3, -0.25) is 9.36 Å². The molecule has 5 rings (SSSR count). The van der Waals surface area contributed by atoms with E-state index in [1.807, 2.05) is 32.0 Å². The summed E-state index contributed by atoms with van der Waals surface area (Å²) in [7, 11) is 0. The van der Waals surface area contributed by atoms with Gasteiger partial charge in [0.15, 0.2) is 0 Å². The summed E-state index contributed by atoms with van der Waals surface area (Å²) in [6.45, 7) is 4.76. The number of anilines is 3. The number of aryl methyl sites for hydroxylation is 2. The van der Waals surface area contributed by atoms with E-state index in [4.69, 9.17) is 0 Å². The van der Waals surface area contributed by atoms with Gasteiger partial charge in [0.25, 0.3) is 5.56 Å². The van der Waals surface area contributed by atoms with Crippen LogP contribution in [0.1, 0.15) is 22.2 Å². The molecule has 1 atom stereocenters. The first kappa shape index (κ1) is 16.9. The third-order valence-corrected chi connectivity index (χ3v) is 5.96. The van der Waals surface area contributed by atoms with Gasteiger partial charge in [-0.25, -0.2) is 4.98 Å². The van der Waals surface area contributed by atoms with Crippen molar-refractivity contribution in [1.82, 2.24) is 14.5 Å². The van der Waals surface area contributed by atoms with E-state index in [9.17, 15) is 4.79 Å². The topological polar surface area (TPSA) is 71.8 Å². The van der Waals surface area contributed by atoms with Gasteiger partial charge < -0.3 is 10.6 Å². The van der Waals surface area contributed by atoms with Crippen molar-refractivity contribution >= 4 is 39.0 Å². The number of hydrogen-bond donors (Lipinski definition) is 2. The molecule has 28 heavy (non-hydrogen) atoms. The predicted molar refractivity (Wildman–Crippen MR) is 114 cm³/mol. The summed E-state index contributed by atoms with van der Waals surface area (Å²) < 4.78 is 3.18. The standard InChI is InChI=1S/C21H19N5OS/c1-12-8-16-18(28-13(2)23-16)9-15(12)24-21-25-20(27)10-19-22-11-17(26(19)21)14-6-4-3-5-7-14/h3-10,17,22H,11H2,1-2H3,(H,24,25,27). The van der Waals surface area contributed by atoms with Gasteiger partial charge in [0.2, 0.25) is 5.95 Å². The van der Waals surface area contributed by atoms with Crippen molar-refractivity contribution in [2.45, 2.75) is 19.9 Å². The fourth-order valence-electron chi connectivity index (χ4n) is 3.71. The average molecular weight is 389 g/mol. The second-order valence-electron chi connectivity index (χ2n) is 6.97. The summed E-state index contributed by atoms with van der Waals surface area (Å²) in [5.74, 6) is 1.33. The van der Waals surface area contributed by atoms with Gasteiger partial charge >= 0.3 is 0 Å². The molecule has 2 aromatic carbocycles. The Labute approximate surface area is 165 Å². The van der Waals surface area contributed by atoms with Gasteiger partial charge in [-0.05, 0) is 37.1 Å².